The van der Waals surface area contributed by atoms with E-state index in [0.29, 0.717) is 13.1 Å². The molecule has 6 heteroatoms. The molecule has 0 radical (unpaired) electrons. The van der Waals surface area contributed by atoms with Crippen molar-refractivity contribution in [2.75, 3.05) is 20.1 Å². The molecule has 0 atom stereocenters. The van der Waals surface area contributed by atoms with E-state index in [9.17, 15) is 4.79 Å². The lowest BCUT2D eigenvalue weighted by Crippen LogP contribution is -2.41. The summed E-state index contributed by atoms with van der Waals surface area (Å²) in [5.41, 5.74) is 3.25. The maximum atomic E-state index is 12.3. The molecule has 1 aromatic rings. The van der Waals surface area contributed by atoms with Gasteiger partial charge in [-0.15, -0.1) is 0 Å². The van der Waals surface area contributed by atoms with Gasteiger partial charge >= 0.3 is 6.09 Å². The predicted octanol–water partition coefficient (Wildman–Crippen LogP) is 3.26. The Labute approximate surface area is 149 Å². The smallest absolute Gasteiger partial charge is 0.410 e. The third kappa shape index (κ3) is 3.89. The third-order valence-corrected chi connectivity index (χ3v) is 4.44. The second-order valence-electron chi connectivity index (χ2n) is 7.77. The van der Waals surface area contributed by atoms with Gasteiger partial charge in [-0.1, -0.05) is 18.6 Å². The molecule has 136 valence electrons. The number of allylic oxidation sites excluding steroid dienone is 2. The molecule has 0 unspecified atom stereocenters. The lowest BCUT2D eigenvalue weighted by molar-refractivity contribution is 0.0195. The zero-order valence-corrected chi connectivity index (χ0v) is 15.9. The second-order valence-corrected chi connectivity index (χ2v) is 7.77. The van der Waals surface area contributed by atoms with E-state index in [2.05, 4.69) is 40.7 Å². The molecule has 0 saturated heterocycles. The summed E-state index contributed by atoms with van der Waals surface area (Å²) in [6.07, 6.45) is 7.14. The number of hydrogen-bond donors (Lipinski definition) is 0. The molecule has 1 aromatic heterocycles. The molecule has 2 aliphatic heterocycles. The van der Waals surface area contributed by atoms with E-state index < -0.39 is 5.60 Å². The highest BCUT2D eigenvalue weighted by atomic mass is 16.6. The average Bonchev–Trinajstić information content (AvgIpc) is 2.95. The minimum absolute atomic E-state index is 0.270. The van der Waals surface area contributed by atoms with Crippen LogP contribution < -0.4 is 0 Å². The number of nitrogens with zero attached hydrogens (tertiary/aromatic N) is 4. The van der Waals surface area contributed by atoms with Crippen LogP contribution >= 0.6 is 0 Å². The molecule has 0 aliphatic carbocycles. The minimum atomic E-state index is -0.478. The average molecular weight is 344 g/mol. The summed E-state index contributed by atoms with van der Waals surface area (Å²) in [4.78, 5) is 20.8. The van der Waals surface area contributed by atoms with Crippen molar-refractivity contribution in [3.8, 4) is 0 Å². The number of aromatic nitrogens is 2. The van der Waals surface area contributed by atoms with Crippen LogP contribution in [0.4, 0.5) is 4.79 Å². The van der Waals surface area contributed by atoms with Crippen LogP contribution in [0.5, 0.6) is 0 Å². The highest BCUT2D eigenvalue weighted by Crippen LogP contribution is 2.27. The SMILES string of the molecule is CCC1=CC(c2cnc3n2CCN(C(=O)OC(C)(C)C)C3)=CN(C)C1. The highest BCUT2D eigenvalue weighted by Gasteiger charge is 2.28. The van der Waals surface area contributed by atoms with Gasteiger partial charge in [-0.3, -0.25) is 4.90 Å². The van der Waals surface area contributed by atoms with Crippen molar-refractivity contribution in [2.45, 2.75) is 52.8 Å². The first-order valence-corrected chi connectivity index (χ1v) is 8.91. The van der Waals surface area contributed by atoms with Crippen LogP contribution in [0, 0.1) is 0 Å². The summed E-state index contributed by atoms with van der Waals surface area (Å²) in [7, 11) is 2.10. The molecular weight excluding hydrogens is 316 g/mol. The molecule has 0 saturated carbocycles. The summed E-state index contributed by atoms with van der Waals surface area (Å²) in [5, 5.41) is 0. The number of carbonyl (C=O) groups is 1. The highest BCUT2D eigenvalue weighted by molar-refractivity contribution is 5.74. The zero-order chi connectivity index (χ0) is 18.2. The quantitative estimate of drug-likeness (QED) is 0.826. The van der Waals surface area contributed by atoms with Gasteiger partial charge in [-0.2, -0.15) is 0 Å². The van der Waals surface area contributed by atoms with Crippen molar-refractivity contribution in [3.05, 3.63) is 35.6 Å². The Hall–Kier alpha value is -2.24. The van der Waals surface area contributed by atoms with Crippen LogP contribution in [0.15, 0.2) is 24.0 Å². The first-order valence-electron chi connectivity index (χ1n) is 8.91. The first-order chi connectivity index (χ1) is 11.8. The molecule has 0 aromatic carbocycles. The van der Waals surface area contributed by atoms with Crippen LogP contribution in [0.2, 0.25) is 0 Å². The third-order valence-electron chi connectivity index (χ3n) is 4.44. The molecule has 1 amide bonds. The zero-order valence-electron chi connectivity index (χ0n) is 15.9. The fourth-order valence-electron chi connectivity index (χ4n) is 3.23. The lowest BCUT2D eigenvalue weighted by atomic mass is 10.0. The Morgan fingerprint density at radius 1 is 1.28 bits per heavy atom. The van der Waals surface area contributed by atoms with Gasteiger partial charge in [0.25, 0.3) is 0 Å². The largest absolute Gasteiger partial charge is 0.444 e. The van der Waals surface area contributed by atoms with Gasteiger partial charge < -0.3 is 14.2 Å². The van der Waals surface area contributed by atoms with Gasteiger partial charge in [-0.05, 0) is 27.2 Å². The Morgan fingerprint density at radius 3 is 2.72 bits per heavy atom. The van der Waals surface area contributed by atoms with E-state index >= 15 is 0 Å². The second kappa shape index (κ2) is 6.58. The van der Waals surface area contributed by atoms with E-state index in [1.165, 1.54) is 11.1 Å². The molecule has 0 N–H and O–H groups in total. The monoisotopic (exact) mass is 344 g/mol. The van der Waals surface area contributed by atoms with E-state index in [1.807, 2.05) is 27.0 Å². The molecule has 0 spiro atoms. The molecule has 25 heavy (non-hydrogen) atoms. The van der Waals surface area contributed by atoms with Gasteiger partial charge in [0.2, 0.25) is 0 Å². The number of imidazole rings is 1. The van der Waals surface area contributed by atoms with E-state index in [0.717, 1.165) is 31.0 Å². The van der Waals surface area contributed by atoms with Gasteiger partial charge in [-0.25, -0.2) is 9.78 Å². The van der Waals surface area contributed by atoms with Crippen LogP contribution in [0.25, 0.3) is 5.57 Å². The topological polar surface area (TPSA) is 50.6 Å². The molecular formula is C19H28N4O2. The van der Waals surface area contributed by atoms with Crippen molar-refractivity contribution >= 4 is 11.7 Å². The van der Waals surface area contributed by atoms with E-state index in [-0.39, 0.29) is 6.09 Å². The van der Waals surface area contributed by atoms with Crippen LogP contribution in [-0.2, 0) is 17.8 Å². The van der Waals surface area contributed by atoms with Crippen molar-refractivity contribution in [1.82, 2.24) is 19.4 Å². The van der Waals surface area contributed by atoms with Crippen LogP contribution in [0.3, 0.4) is 0 Å². The Morgan fingerprint density at radius 2 is 2.04 bits per heavy atom. The van der Waals surface area contributed by atoms with Crippen LogP contribution in [0.1, 0.15) is 45.6 Å². The number of fused-ring (bicyclic) bond motifs is 1. The van der Waals surface area contributed by atoms with Gasteiger partial charge in [0.1, 0.15) is 11.4 Å². The maximum Gasteiger partial charge on any atom is 0.410 e. The van der Waals surface area contributed by atoms with Crippen molar-refractivity contribution in [1.29, 1.82) is 0 Å². The van der Waals surface area contributed by atoms with Crippen molar-refractivity contribution in [3.63, 3.8) is 0 Å². The van der Waals surface area contributed by atoms with E-state index in [4.69, 9.17) is 4.74 Å². The normalized spacial score (nSPS) is 17.8. The number of likely N-dealkylation sites (N-methyl/N-ethyl adjacent to an activating group) is 1. The molecule has 3 heterocycles. The molecule has 0 bridgehead atoms. The Bertz CT molecular complexity index is 724. The molecule has 2 aliphatic rings. The number of carbonyl (C=O) groups excluding carboxylic acids is 1. The summed E-state index contributed by atoms with van der Waals surface area (Å²) in [5.74, 6) is 0.910. The van der Waals surface area contributed by atoms with Crippen molar-refractivity contribution in [2.24, 2.45) is 0 Å². The number of ether oxygens (including phenoxy) is 1. The number of amides is 1. The summed E-state index contributed by atoms with van der Waals surface area (Å²) in [6.45, 7) is 10.7. The standard InChI is InChI=1S/C19H28N4O2/c1-6-14-9-15(12-21(5)11-14)16-10-20-17-13-22(7-8-23(16)17)18(24)25-19(2,3)4/h9-10,12H,6-8,11,13H2,1-5H3. The van der Waals surface area contributed by atoms with Gasteiger partial charge in [0.15, 0.2) is 0 Å². The first kappa shape index (κ1) is 17.6. The Balaban J connectivity index is 1.79. The van der Waals surface area contributed by atoms with Crippen molar-refractivity contribution < 1.29 is 9.53 Å². The maximum absolute atomic E-state index is 12.3. The minimum Gasteiger partial charge on any atom is -0.444 e. The molecule has 3 rings (SSSR count). The predicted molar refractivity (Wildman–Crippen MR) is 97.9 cm³/mol. The summed E-state index contributed by atoms with van der Waals surface area (Å²) >= 11 is 0. The van der Waals surface area contributed by atoms with Gasteiger partial charge in [0.05, 0.1) is 18.4 Å². The summed E-state index contributed by atoms with van der Waals surface area (Å²) in [6, 6.07) is 0. The molecule has 6 nitrogen and oxygen atoms in total. The number of rotatable bonds is 2. The Kier molecular flexibility index (Phi) is 4.62. The molecule has 0 fully saturated rings. The van der Waals surface area contributed by atoms with Crippen LogP contribution in [-0.4, -0.2) is 51.2 Å². The lowest BCUT2D eigenvalue weighted by Gasteiger charge is -2.31. The number of hydrogen-bond acceptors (Lipinski definition) is 4. The van der Waals surface area contributed by atoms with Gasteiger partial charge in [0, 0.05) is 38.5 Å². The fraction of sp³-hybridized carbons (Fsp3) is 0.579. The fourth-order valence-corrected chi connectivity index (χ4v) is 3.23. The summed E-state index contributed by atoms with van der Waals surface area (Å²) < 4.78 is 7.70. The van der Waals surface area contributed by atoms with E-state index in [1.54, 1.807) is 4.90 Å².